The number of rotatable bonds is 9. The monoisotopic (exact) mass is 855 g/mol. The first-order chi connectivity index (χ1) is 33.1. The predicted molar refractivity (Wildman–Crippen MR) is 283 cm³/mol. The van der Waals surface area contributed by atoms with E-state index in [4.69, 9.17) is 4.42 Å². The van der Waals surface area contributed by atoms with Crippen molar-refractivity contribution in [3.63, 3.8) is 0 Å². The van der Waals surface area contributed by atoms with E-state index in [2.05, 4.69) is 254 Å². The fourth-order valence-electron chi connectivity index (χ4n) is 9.68. The molecule has 0 aliphatic rings. The van der Waals surface area contributed by atoms with Gasteiger partial charge in [-0.2, -0.15) is 0 Å². The van der Waals surface area contributed by atoms with Crippen molar-refractivity contribution in [3.8, 4) is 67.0 Å². The highest BCUT2D eigenvalue weighted by Crippen LogP contribution is 2.40. The predicted octanol–water partition coefficient (Wildman–Crippen LogP) is 18.5. The van der Waals surface area contributed by atoms with Gasteiger partial charge in [0.1, 0.15) is 11.3 Å². The van der Waals surface area contributed by atoms with E-state index in [-0.39, 0.29) is 0 Å². The molecule has 11 aromatic carbocycles. The number of para-hydroxylation sites is 1. The van der Waals surface area contributed by atoms with E-state index < -0.39 is 0 Å². The molecule has 2 nitrogen and oxygen atoms in total. The van der Waals surface area contributed by atoms with Crippen LogP contribution in [0.5, 0.6) is 0 Å². The molecule has 0 radical (unpaired) electrons. The lowest BCUT2D eigenvalue weighted by molar-refractivity contribution is 0.629. The van der Waals surface area contributed by atoms with E-state index in [0.717, 1.165) is 50.5 Å². The molecule has 0 spiro atoms. The smallest absolute Gasteiger partial charge is 0.138 e. The van der Waals surface area contributed by atoms with Gasteiger partial charge in [-0.05, 0) is 139 Å². The molecule has 0 N–H and O–H groups in total. The molecule has 0 unspecified atom stereocenters. The molecule has 0 saturated carbocycles. The van der Waals surface area contributed by atoms with Crippen molar-refractivity contribution in [3.05, 3.63) is 260 Å². The molecule has 67 heavy (non-hydrogen) atoms. The van der Waals surface area contributed by atoms with E-state index in [9.17, 15) is 0 Å². The molecule has 0 saturated heterocycles. The number of anilines is 3. The summed E-state index contributed by atoms with van der Waals surface area (Å²) >= 11 is 0. The molecule has 0 aliphatic heterocycles. The van der Waals surface area contributed by atoms with Crippen LogP contribution in [0.1, 0.15) is 5.56 Å². The molecule has 0 fully saturated rings. The standard InChI is InChI=1S/C65H45NO/c1-44-61-15-7-8-17-64(61)67-65(44)57-14-9-13-54(43-57)51-24-22-48(23-25-51)50-30-37-59(38-31-50)66(58-35-28-49(29-36-58)47-20-18-46(19-21-47)45-10-3-2-4-11-45)60-39-32-52(33-40-60)55-34-41-63-56(42-55)27-26-53-12-5-6-16-62(53)63/h2-43H,1H3. The maximum Gasteiger partial charge on any atom is 0.138 e. The fraction of sp³-hybridized carbons (Fsp3) is 0.0154. The Labute approximate surface area is 391 Å². The third kappa shape index (κ3) is 7.65. The summed E-state index contributed by atoms with van der Waals surface area (Å²) in [4.78, 5) is 2.35. The SMILES string of the molecule is Cc1c(-c2cccc(-c3ccc(-c4ccc(N(c5ccc(-c6ccc(-c7ccccc7)cc6)cc5)c5ccc(-c6ccc7c(ccc8ccccc87)c6)cc5)cc4)cc3)c2)oc2ccccc12. The topological polar surface area (TPSA) is 16.4 Å². The molecular weight excluding hydrogens is 811 g/mol. The van der Waals surface area contributed by atoms with Crippen molar-refractivity contribution in [2.45, 2.75) is 6.92 Å². The van der Waals surface area contributed by atoms with Gasteiger partial charge in [0.15, 0.2) is 0 Å². The first kappa shape index (κ1) is 39.8. The summed E-state index contributed by atoms with van der Waals surface area (Å²) in [6.07, 6.45) is 0. The highest BCUT2D eigenvalue weighted by molar-refractivity contribution is 6.08. The number of aryl methyl sites for hydroxylation is 1. The van der Waals surface area contributed by atoms with Crippen LogP contribution >= 0.6 is 0 Å². The molecule has 0 bridgehead atoms. The lowest BCUT2D eigenvalue weighted by Crippen LogP contribution is -2.09. The van der Waals surface area contributed by atoms with Crippen molar-refractivity contribution in [1.29, 1.82) is 0 Å². The highest BCUT2D eigenvalue weighted by Gasteiger charge is 2.16. The molecule has 1 aromatic heterocycles. The Bertz CT molecular complexity index is 3700. The molecule has 0 aliphatic carbocycles. The second-order valence-corrected chi connectivity index (χ2v) is 17.4. The van der Waals surface area contributed by atoms with Crippen LogP contribution in [0.2, 0.25) is 0 Å². The minimum Gasteiger partial charge on any atom is -0.456 e. The average Bonchev–Trinajstić information content (AvgIpc) is 3.75. The van der Waals surface area contributed by atoms with Crippen molar-refractivity contribution in [2.24, 2.45) is 0 Å². The van der Waals surface area contributed by atoms with Gasteiger partial charge in [0.2, 0.25) is 0 Å². The number of nitrogens with zero attached hydrogens (tertiary/aromatic N) is 1. The van der Waals surface area contributed by atoms with Crippen LogP contribution in [0.15, 0.2) is 259 Å². The van der Waals surface area contributed by atoms with Gasteiger partial charge in [-0.3, -0.25) is 0 Å². The van der Waals surface area contributed by atoms with E-state index in [1.165, 1.54) is 71.6 Å². The first-order valence-electron chi connectivity index (χ1n) is 23.0. The van der Waals surface area contributed by atoms with Crippen LogP contribution in [0, 0.1) is 6.92 Å². The molecule has 316 valence electrons. The molecule has 12 aromatic rings. The molecule has 2 heteroatoms. The second kappa shape index (κ2) is 17.0. The maximum absolute atomic E-state index is 6.32. The first-order valence-corrected chi connectivity index (χ1v) is 23.0. The van der Waals surface area contributed by atoms with Gasteiger partial charge in [-0.15, -0.1) is 0 Å². The zero-order valence-electron chi connectivity index (χ0n) is 37.1. The summed E-state index contributed by atoms with van der Waals surface area (Å²) < 4.78 is 6.32. The number of hydrogen-bond donors (Lipinski definition) is 0. The highest BCUT2D eigenvalue weighted by atomic mass is 16.3. The van der Waals surface area contributed by atoms with Crippen LogP contribution in [0.3, 0.4) is 0 Å². The Morgan fingerprint density at radius 3 is 1.22 bits per heavy atom. The lowest BCUT2D eigenvalue weighted by Gasteiger charge is -2.26. The fourth-order valence-corrected chi connectivity index (χ4v) is 9.68. The summed E-state index contributed by atoms with van der Waals surface area (Å²) in [5.41, 5.74) is 18.3. The van der Waals surface area contributed by atoms with Crippen LogP contribution < -0.4 is 4.90 Å². The Balaban J connectivity index is 0.845. The Morgan fingerprint density at radius 2 is 0.657 bits per heavy atom. The van der Waals surface area contributed by atoms with Gasteiger partial charge in [-0.1, -0.05) is 200 Å². The Hall–Kier alpha value is -8.72. The van der Waals surface area contributed by atoms with Gasteiger partial charge in [0.05, 0.1) is 0 Å². The van der Waals surface area contributed by atoms with Gasteiger partial charge < -0.3 is 9.32 Å². The molecule has 1 heterocycles. The maximum atomic E-state index is 6.32. The zero-order chi connectivity index (χ0) is 44.7. The minimum absolute atomic E-state index is 0.918. The van der Waals surface area contributed by atoms with Gasteiger partial charge >= 0.3 is 0 Å². The Morgan fingerprint density at radius 1 is 0.269 bits per heavy atom. The van der Waals surface area contributed by atoms with Crippen LogP contribution in [0.4, 0.5) is 17.1 Å². The molecular formula is C65H45NO. The van der Waals surface area contributed by atoms with Crippen LogP contribution in [0.25, 0.3) is 99.5 Å². The summed E-state index contributed by atoms with van der Waals surface area (Å²) in [6.45, 7) is 2.14. The van der Waals surface area contributed by atoms with Crippen molar-refractivity contribution in [2.75, 3.05) is 4.90 Å². The third-order valence-corrected chi connectivity index (χ3v) is 13.3. The number of hydrogen-bond acceptors (Lipinski definition) is 2. The van der Waals surface area contributed by atoms with Crippen LogP contribution in [-0.2, 0) is 0 Å². The minimum atomic E-state index is 0.918. The summed E-state index contributed by atoms with van der Waals surface area (Å²) in [6, 6.07) is 91.9. The van der Waals surface area contributed by atoms with Crippen molar-refractivity contribution in [1.82, 2.24) is 0 Å². The quantitative estimate of drug-likeness (QED) is 0.135. The van der Waals surface area contributed by atoms with Gasteiger partial charge in [0.25, 0.3) is 0 Å². The lowest BCUT2D eigenvalue weighted by atomic mass is 9.97. The van der Waals surface area contributed by atoms with Crippen LogP contribution in [-0.4, -0.2) is 0 Å². The van der Waals surface area contributed by atoms with Crippen molar-refractivity contribution >= 4 is 49.6 Å². The van der Waals surface area contributed by atoms with Gasteiger partial charge in [-0.25, -0.2) is 0 Å². The van der Waals surface area contributed by atoms with E-state index in [0.29, 0.717) is 0 Å². The molecule has 0 amide bonds. The van der Waals surface area contributed by atoms with Crippen molar-refractivity contribution < 1.29 is 4.42 Å². The average molecular weight is 856 g/mol. The largest absolute Gasteiger partial charge is 0.456 e. The summed E-state index contributed by atoms with van der Waals surface area (Å²) in [7, 11) is 0. The summed E-state index contributed by atoms with van der Waals surface area (Å²) in [5, 5.41) is 6.23. The normalized spacial score (nSPS) is 11.4. The van der Waals surface area contributed by atoms with E-state index in [1.807, 2.05) is 12.1 Å². The van der Waals surface area contributed by atoms with Gasteiger partial charge in [0, 0.05) is 33.6 Å². The molecule has 0 atom stereocenters. The second-order valence-electron chi connectivity index (χ2n) is 17.4. The number of furan rings is 1. The third-order valence-electron chi connectivity index (χ3n) is 13.3. The zero-order valence-corrected chi connectivity index (χ0v) is 37.1. The van der Waals surface area contributed by atoms with E-state index >= 15 is 0 Å². The number of fused-ring (bicyclic) bond motifs is 4. The summed E-state index contributed by atoms with van der Waals surface area (Å²) in [5.74, 6) is 0.924. The van der Waals surface area contributed by atoms with E-state index in [1.54, 1.807) is 0 Å². The molecule has 12 rings (SSSR count). The Kier molecular flexibility index (Phi) is 10.1. The number of benzene rings is 11.